The monoisotopic (exact) mass is 131 g/mol. The van der Waals surface area contributed by atoms with Gasteiger partial charge in [-0.15, -0.1) is 0 Å². The molecule has 0 aliphatic heterocycles. The second-order valence-electron chi connectivity index (χ2n) is 3.54. The average molecular weight is 131 g/mol. The SMILES string of the molecule is CC(C)(C)CCCON. The lowest BCUT2D eigenvalue weighted by molar-refractivity contribution is 0.125. The Morgan fingerprint density at radius 3 is 2.22 bits per heavy atom. The Kier molecular flexibility index (Phi) is 3.82. The molecule has 2 N–H and O–H groups in total. The maximum absolute atomic E-state index is 4.86. The third kappa shape index (κ3) is 7.92. The van der Waals surface area contributed by atoms with Crippen LogP contribution in [-0.4, -0.2) is 6.61 Å². The standard InChI is InChI=1S/C7H17NO/c1-7(2,3)5-4-6-9-8/h4-6,8H2,1-3H3. The van der Waals surface area contributed by atoms with Gasteiger partial charge in [-0.2, -0.15) is 0 Å². The first kappa shape index (κ1) is 8.92. The molecule has 9 heavy (non-hydrogen) atoms. The lowest BCUT2D eigenvalue weighted by atomic mass is 9.91. The number of nitrogens with two attached hydrogens (primary N) is 1. The van der Waals surface area contributed by atoms with Crippen molar-refractivity contribution in [2.45, 2.75) is 33.6 Å². The maximum Gasteiger partial charge on any atom is 0.0679 e. The van der Waals surface area contributed by atoms with Gasteiger partial charge in [0.2, 0.25) is 0 Å². The fraction of sp³-hybridized carbons (Fsp3) is 1.00. The summed E-state index contributed by atoms with van der Waals surface area (Å²) < 4.78 is 0. The molecule has 0 rings (SSSR count). The maximum atomic E-state index is 4.86. The Hall–Kier alpha value is -0.0800. The summed E-state index contributed by atoms with van der Waals surface area (Å²) in [6.45, 7) is 7.31. The van der Waals surface area contributed by atoms with Crippen LogP contribution in [0, 0.1) is 5.41 Å². The molecule has 0 saturated carbocycles. The number of hydrogen-bond donors (Lipinski definition) is 1. The van der Waals surface area contributed by atoms with Crippen molar-refractivity contribution in [3.63, 3.8) is 0 Å². The molecule has 0 saturated heterocycles. The normalized spacial score (nSPS) is 12.0. The summed E-state index contributed by atoms with van der Waals surface area (Å²) in [6, 6.07) is 0. The molecule has 0 atom stereocenters. The van der Waals surface area contributed by atoms with E-state index >= 15 is 0 Å². The van der Waals surface area contributed by atoms with Gasteiger partial charge < -0.3 is 4.84 Å². The molecule has 0 amide bonds. The van der Waals surface area contributed by atoms with Crippen LogP contribution < -0.4 is 5.90 Å². The quantitative estimate of drug-likeness (QED) is 0.467. The van der Waals surface area contributed by atoms with Crippen molar-refractivity contribution in [3.05, 3.63) is 0 Å². The molecule has 0 aliphatic rings. The van der Waals surface area contributed by atoms with Crippen molar-refractivity contribution < 1.29 is 4.84 Å². The van der Waals surface area contributed by atoms with Crippen molar-refractivity contribution in [1.29, 1.82) is 0 Å². The predicted octanol–water partition coefficient (Wildman–Crippen LogP) is 1.70. The average Bonchev–Trinajstić information content (AvgIpc) is 1.63. The van der Waals surface area contributed by atoms with Gasteiger partial charge in [-0.05, 0) is 18.3 Å². The van der Waals surface area contributed by atoms with E-state index in [0.29, 0.717) is 12.0 Å². The zero-order chi connectivity index (χ0) is 7.33. The molecule has 0 aliphatic carbocycles. The van der Waals surface area contributed by atoms with Gasteiger partial charge in [0.05, 0.1) is 6.61 Å². The molecule has 56 valence electrons. The lowest BCUT2D eigenvalue weighted by Gasteiger charge is -2.16. The van der Waals surface area contributed by atoms with Crippen LogP contribution in [0.3, 0.4) is 0 Å². The second-order valence-corrected chi connectivity index (χ2v) is 3.54. The molecule has 0 spiro atoms. The van der Waals surface area contributed by atoms with Crippen molar-refractivity contribution in [3.8, 4) is 0 Å². The summed E-state index contributed by atoms with van der Waals surface area (Å²) in [6.07, 6.45) is 2.23. The van der Waals surface area contributed by atoms with Gasteiger partial charge in [-0.25, -0.2) is 5.90 Å². The first-order valence-corrected chi connectivity index (χ1v) is 3.38. The summed E-state index contributed by atoms with van der Waals surface area (Å²) in [4.78, 5) is 4.44. The van der Waals surface area contributed by atoms with Crippen LogP contribution in [-0.2, 0) is 4.84 Å². The zero-order valence-electron chi connectivity index (χ0n) is 6.61. The van der Waals surface area contributed by atoms with Crippen LogP contribution >= 0.6 is 0 Å². The van der Waals surface area contributed by atoms with Crippen LogP contribution in [0.15, 0.2) is 0 Å². The first-order chi connectivity index (χ1) is 4.06. The minimum absolute atomic E-state index is 0.415. The van der Waals surface area contributed by atoms with E-state index in [2.05, 4.69) is 25.6 Å². The zero-order valence-corrected chi connectivity index (χ0v) is 6.61. The summed E-state index contributed by atoms with van der Waals surface area (Å²) in [7, 11) is 0. The van der Waals surface area contributed by atoms with E-state index in [0.717, 1.165) is 6.42 Å². The highest BCUT2D eigenvalue weighted by molar-refractivity contribution is 4.59. The molecule has 2 heteroatoms. The Morgan fingerprint density at radius 2 is 1.89 bits per heavy atom. The molecule has 0 fully saturated rings. The van der Waals surface area contributed by atoms with Crippen molar-refractivity contribution in [2.75, 3.05) is 6.61 Å². The van der Waals surface area contributed by atoms with Crippen LogP contribution in [0.4, 0.5) is 0 Å². The van der Waals surface area contributed by atoms with E-state index in [1.165, 1.54) is 6.42 Å². The fourth-order valence-electron chi connectivity index (χ4n) is 0.686. The molecule has 0 radical (unpaired) electrons. The third-order valence-corrected chi connectivity index (χ3v) is 1.19. The number of hydrogen-bond acceptors (Lipinski definition) is 2. The van der Waals surface area contributed by atoms with Crippen molar-refractivity contribution in [2.24, 2.45) is 11.3 Å². The predicted molar refractivity (Wildman–Crippen MR) is 38.8 cm³/mol. The van der Waals surface area contributed by atoms with Crippen molar-refractivity contribution in [1.82, 2.24) is 0 Å². The second kappa shape index (κ2) is 3.85. The molecular formula is C7H17NO. The largest absolute Gasteiger partial charge is 0.305 e. The topological polar surface area (TPSA) is 35.2 Å². The highest BCUT2D eigenvalue weighted by Gasteiger charge is 2.08. The van der Waals surface area contributed by atoms with E-state index in [9.17, 15) is 0 Å². The van der Waals surface area contributed by atoms with Crippen LogP contribution in [0.5, 0.6) is 0 Å². The fourth-order valence-corrected chi connectivity index (χ4v) is 0.686. The van der Waals surface area contributed by atoms with E-state index in [1.807, 2.05) is 0 Å². The lowest BCUT2D eigenvalue weighted by Crippen LogP contribution is -2.08. The van der Waals surface area contributed by atoms with Crippen LogP contribution in [0.2, 0.25) is 0 Å². The van der Waals surface area contributed by atoms with Crippen molar-refractivity contribution >= 4 is 0 Å². The molecule has 0 aromatic carbocycles. The van der Waals surface area contributed by atoms with Gasteiger partial charge in [0, 0.05) is 0 Å². The van der Waals surface area contributed by atoms with Gasteiger partial charge in [-0.1, -0.05) is 20.8 Å². The first-order valence-electron chi connectivity index (χ1n) is 3.38. The highest BCUT2D eigenvalue weighted by atomic mass is 16.6. The van der Waals surface area contributed by atoms with E-state index in [4.69, 9.17) is 5.90 Å². The third-order valence-electron chi connectivity index (χ3n) is 1.19. The van der Waals surface area contributed by atoms with Crippen LogP contribution in [0.25, 0.3) is 0 Å². The summed E-state index contributed by atoms with van der Waals surface area (Å²) in [5.74, 6) is 4.86. The number of rotatable bonds is 3. The molecular weight excluding hydrogens is 114 g/mol. The Bertz CT molecular complexity index is 65.8. The molecule has 0 aromatic rings. The minimum atomic E-state index is 0.415. The summed E-state index contributed by atoms with van der Waals surface area (Å²) in [5, 5.41) is 0. The Morgan fingerprint density at radius 1 is 1.33 bits per heavy atom. The Labute approximate surface area is 57.3 Å². The highest BCUT2D eigenvalue weighted by Crippen LogP contribution is 2.19. The smallest absolute Gasteiger partial charge is 0.0679 e. The summed E-state index contributed by atoms with van der Waals surface area (Å²) in [5.41, 5.74) is 0.415. The van der Waals surface area contributed by atoms with Gasteiger partial charge in [-0.3, -0.25) is 0 Å². The molecule has 0 unspecified atom stereocenters. The van der Waals surface area contributed by atoms with Crippen LogP contribution in [0.1, 0.15) is 33.6 Å². The van der Waals surface area contributed by atoms with E-state index in [1.54, 1.807) is 0 Å². The Balaban J connectivity index is 3.07. The van der Waals surface area contributed by atoms with Gasteiger partial charge in [0.15, 0.2) is 0 Å². The van der Waals surface area contributed by atoms with Gasteiger partial charge in [0.25, 0.3) is 0 Å². The van der Waals surface area contributed by atoms with Gasteiger partial charge in [0.1, 0.15) is 0 Å². The minimum Gasteiger partial charge on any atom is -0.305 e. The molecule has 2 nitrogen and oxygen atoms in total. The van der Waals surface area contributed by atoms with E-state index < -0.39 is 0 Å². The molecule has 0 heterocycles. The summed E-state index contributed by atoms with van der Waals surface area (Å²) >= 11 is 0. The van der Waals surface area contributed by atoms with E-state index in [-0.39, 0.29) is 0 Å². The van der Waals surface area contributed by atoms with Gasteiger partial charge >= 0.3 is 0 Å². The molecule has 0 bridgehead atoms. The molecule has 0 aromatic heterocycles.